The second-order valence-electron chi connectivity index (χ2n) is 10.8. The van der Waals surface area contributed by atoms with E-state index in [-0.39, 0.29) is 12.1 Å². The zero-order chi connectivity index (χ0) is 22.9. The van der Waals surface area contributed by atoms with Crippen LogP contribution in [-0.4, -0.2) is 34.5 Å². The summed E-state index contributed by atoms with van der Waals surface area (Å²) in [5.41, 5.74) is 3.59. The summed E-state index contributed by atoms with van der Waals surface area (Å²) >= 11 is 0. The highest BCUT2D eigenvalue weighted by atomic mass is 16.5. The third-order valence-electron chi connectivity index (χ3n) is 8.56. The smallest absolute Gasteiger partial charge is 0.303 e. The molecule has 0 amide bonds. The molecule has 0 heterocycles. The molecule has 0 aliphatic heterocycles. The molecule has 4 aliphatic rings. The predicted octanol–water partition coefficient (Wildman–Crippen LogP) is 5.42. The van der Waals surface area contributed by atoms with Gasteiger partial charge in [0.2, 0.25) is 0 Å². The van der Waals surface area contributed by atoms with E-state index in [1.165, 1.54) is 38.2 Å². The molecule has 4 nitrogen and oxygen atoms in total. The van der Waals surface area contributed by atoms with Gasteiger partial charge in [0, 0.05) is 13.3 Å². The Labute approximate surface area is 193 Å². The van der Waals surface area contributed by atoms with E-state index in [0.29, 0.717) is 36.0 Å². The van der Waals surface area contributed by atoms with Crippen LogP contribution in [0.15, 0.2) is 47.6 Å². The third kappa shape index (κ3) is 5.12. The number of carbonyl (C=O) groups is 1. The minimum atomic E-state index is -0.630. The average molecular weight is 441 g/mol. The number of hydrogen-bond acceptors (Lipinski definition) is 4. The number of carbonyl (C=O) groups excluding carboxylic acids is 1. The Bertz CT molecular complexity index is 817. The van der Waals surface area contributed by atoms with Crippen molar-refractivity contribution in [3.05, 3.63) is 47.6 Å². The van der Waals surface area contributed by atoms with Crippen LogP contribution in [0.3, 0.4) is 0 Å². The van der Waals surface area contributed by atoms with Gasteiger partial charge in [-0.3, -0.25) is 4.79 Å². The van der Waals surface area contributed by atoms with Gasteiger partial charge in [-0.25, -0.2) is 0 Å². The van der Waals surface area contributed by atoms with Gasteiger partial charge in [-0.05, 0) is 98.2 Å². The number of allylic oxidation sites excluding steroid dienone is 4. The van der Waals surface area contributed by atoms with Gasteiger partial charge in [0.1, 0.15) is 6.10 Å². The topological polar surface area (TPSA) is 66.8 Å². The van der Waals surface area contributed by atoms with E-state index >= 15 is 0 Å². The second-order valence-corrected chi connectivity index (χ2v) is 10.8. The van der Waals surface area contributed by atoms with Gasteiger partial charge in [0.25, 0.3) is 0 Å². The molecule has 32 heavy (non-hydrogen) atoms. The number of aliphatic hydroxyl groups is 2. The molecule has 4 aliphatic carbocycles. The number of hydrogen-bond donors (Lipinski definition) is 2. The van der Waals surface area contributed by atoms with Crippen LogP contribution in [0.5, 0.6) is 0 Å². The number of ether oxygens (including phenoxy) is 1. The van der Waals surface area contributed by atoms with Crippen LogP contribution in [0.2, 0.25) is 0 Å². The number of fused-ring (bicyclic) bond motifs is 1. The maximum Gasteiger partial charge on any atom is 0.303 e. The van der Waals surface area contributed by atoms with Crippen molar-refractivity contribution in [3.8, 4) is 0 Å². The largest absolute Gasteiger partial charge is 0.458 e. The van der Waals surface area contributed by atoms with Crippen molar-refractivity contribution >= 4 is 5.97 Å². The molecule has 0 aromatic carbocycles. The summed E-state index contributed by atoms with van der Waals surface area (Å²) in [5, 5.41) is 20.2. The maximum absolute atomic E-state index is 11.4. The van der Waals surface area contributed by atoms with Gasteiger partial charge in [-0.15, -0.1) is 0 Å². The Morgan fingerprint density at radius 3 is 2.75 bits per heavy atom. The predicted molar refractivity (Wildman–Crippen MR) is 127 cm³/mol. The zero-order valence-corrected chi connectivity index (χ0v) is 19.8. The zero-order valence-electron chi connectivity index (χ0n) is 19.8. The Morgan fingerprint density at radius 2 is 2.03 bits per heavy atom. The van der Waals surface area contributed by atoms with E-state index in [0.717, 1.165) is 36.8 Å². The third-order valence-corrected chi connectivity index (χ3v) is 8.56. The van der Waals surface area contributed by atoms with Crippen molar-refractivity contribution in [1.29, 1.82) is 0 Å². The molecule has 4 fully saturated rings. The Balaban J connectivity index is 1.43. The lowest BCUT2D eigenvalue weighted by Crippen LogP contribution is -2.33. The molecule has 6 unspecified atom stereocenters. The number of esters is 1. The normalized spacial score (nSPS) is 38.9. The number of rotatable bonds is 6. The maximum atomic E-state index is 11.4. The molecule has 4 rings (SSSR count). The molecule has 0 aromatic rings. The van der Waals surface area contributed by atoms with E-state index in [4.69, 9.17) is 4.74 Å². The molecule has 0 bridgehead atoms. The molecule has 0 aromatic heterocycles. The first-order chi connectivity index (χ1) is 15.3. The first-order valence-electron chi connectivity index (χ1n) is 12.6. The summed E-state index contributed by atoms with van der Waals surface area (Å²) in [6.07, 6.45) is 18.1. The van der Waals surface area contributed by atoms with E-state index in [1.54, 1.807) is 0 Å². The Hall–Kier alpha value is -1.65. The molecule has 6 atom stereocenters. The van der Waals surface area contributed by atoms with Gasteiger partial charge < -0.3 is 14.9 Å². The summed E-state index contributed by atoms with van der Waals surface area (Å²) < 4.78 is 5.52. The van der Waals surface area contributed by atoms with Gasteiger partial charge >= 0.3 is 5.97 Å². The monoisotopic (exact) mass is 440 g/mol. The van der Waals surface area contributed by atoms with Gasteiger partial charge in [0.05, 0.1) is 12.2 Å². The molecule has 0 radical (unpaired) electrons. The molecule has 0 spiro atoms. The van der Waals surface area contributed by atoms with Crippen LogP contribution in [-0.2, 0) is 9.53 Å². The standard InChI is InChI=1S/C28H40O4/c1-18-22(16-24(30)17-26(18)31)12-9-20-6-5-15-28(3)23(13-14-25(20)28)7-4-8-27(21-10-11-21)32-19(2)29/h4,8-9,12,21,23-27,30-31H,1,5-7,10-11,13-17H2,2-3H3/b8-4+,20-9+,22-12-. The quantitative estimate of drug-likeness (QED) is 0.428. The van der Waals surface area contributed by atoms with Crippen LogP contribution >= 0.6 is 0 Å². The van der Waals surface area contributed by atoms with Gasteiger partial charge in [0.15, 0.2) is 0 Å². The van der Waals surface area contributed by atoms with E-state index in [9.17, 15) is 15.0 Å². The Morgan fingerprint density at radius 1 is 1.25 bits per heavy atom. The second kappa shape index (κ2) is 9.69. The van der Waals surface area contributed by atoms with Gasteiger partial charge in [-0.1, -0.05) is 37.3 Å². The first kappa shape index (κ1) is 23.5. The minimum absolute atomic E-state index is 0.0414. The minimum Gasteiger partial charge on any atom is -0.458 e. The van der Waals surface area contributed by atoms with Crippen molar-refractivity contribution in [2.24, 2.45) is 23.2 Å². The molecule has 0 saturated heterocycles. The first-order valence-corrected chi connectivity index (χ1v) is 12.6. The highest BCUT2D eigenvalue weighted by Crippen LogP contribution is 2.58. The lowest BCUT2D eigenvalue weighted by Gasteiger charge is -2.42. The lowest BCUT2D eigenvalue weighted by atomic mass is 9.63. The van der Waals surface area contributed by atoms with Crippen molar-refractivity contribution in [1.82, 2.24) is 0 Å². The average Bonchev–Trinajstić information content (AvgIpc) is 3.52. The summed E-state index contributed by atoms with van der Waals surface area (Å²) in [4.78, 5) is 11.4. The summed E-state index contributed by atoms with van der Waals surface area (Å²) in [6, 6.07) is 0. The van der Waals surface area contributed by atoms with Crippen LogP contribution in [0.4, 0.5) is 0 Å². The van der Waals surface area contributed by atoms with Crippen molar-refractivity contribution in [2.75, 3.05) is 0 Å². The van der Waals surface area contributed by atoms with Crippen molar-refractivity contribution in [2.45, 2.75) is 96.4 Å². The van der Waals surface area contributed by atoms with E-state index < -0.39 is 12.2 Å². The molecular weight excluding hydrogens is 400 g/mol. The summed E-state index contributed by atoms with van der Waals surface area (Å²) in [7, 11) is 0. The van der Waals surface area contributed by atoms with E-state index in [2.05, 4.69) is 37.8 Å². The van der Waals surface area contributed by atoms with Gasteiger partial charge in [-0.2, -0.15) is 0 Å². The number of aliphatic hydroxyl groups excluding tert-OH is 2. The van der Waals surface area contributed by atoms with Crippen molar-refractivity contribution < 1.29 is 19.7 Å². The highest BCUT2D eigenvalue weighted by molar-refractivity contribution is 5.66. The molecular formula is C28H40O4. The Kier molecular flexibility index (Phi) is 7.11. The van der Waals surface area contributed by atoms with Crippen LogP contribution < -0.4 is 0 Å². The van der Waals surface area contributed by atoms with Crippen LogP contribution in [0.1, 0.15) is 78.1 Å². The SMILES string of the molecule is C=C1/C(=C\C=C2/CCCC3(C)C(C/C=C/C(OC(C)=O)C4CC4)CCC23)CC(O)CC1O. The molecule has 2 N–H and O–H groups in total. The fraction of sp³-hybridized carbons (Fsp3) is 0.679. The fourth-order valence-electron chi connectivity index (χ4n) is 6.48. The summed E-state index contributed by atoms with van der Waals surface area (Å²) in [6.45, 7) is 8.03. The van der Waals surface area contributed by atoms with Crippen molar-refractivity contribution in [3.63, 3.8) is 0 Å². The van der Waals surface area contributed by atoms with E-state index in [1.807, 2.05) is 0 Å². The molecule has 4 heteroatoms. The summed E-state index contributed by atoms with van der Waals surface area (Å²) in [5.74, 6) is 1.60. The van der Waals surface area contributed by atoms with Crippen LogP contribution in [0, 0.1) is 23.2 Å². The molecule has 4 saturated carbocycles. The molecule has 176 valence electrons. The van der Waals surface area contributed by atoms with Crippen LogP contribution in [0.25, 0.3) is 0 Å². The highest BCUT2D eigenvalue weighted by Gasteiger charge is 2.48. The lowest BCUT2D eigenvalue weighted by molar-refractivity contribution is -0.144. The fourth-order valence-corrected chi connectivity index (χ4v) is 6.48.